The quantitative estimate of drug-likeness (QED) is 0.571. The van der Waals surface area contributed by atoms with Gasteiger partial charge in [0.1, 0.15) is 0 Å². The lowest BCUT2D eigenvalue weighted by molar-refractivity contribution is 0.175. The van der Waals surface area contributed by atoms with Gasteiger partial charge in [-0.05, 0) is 24.7 Å². The zero-order valence-corrected chi connectivity index (χ0v) is 6.30. The summed E-state index contributed by atoms with van der Waals surface area (Å²) in [6.07, 6.45) is 3.30. The standard InChI is InChI=1S/C8H16O/c1-3-7-5-8(9)4-6(7)2/h6-9H,3-5H2,1-2H3/t6?,7?,8-/m1/s1. The molecule has 0 aliphatic heterocycles. The molecule has 1 fully saturated rings. The summed E-state index contributed by atoms with van der Waals surface area (Å²) in [6.45, 7) is 4.45. The Balaban J connectivity index is 2.38. The molecule has 0 bridgehead atoms. The van der Waals surface area contributed by atoms with E-state index < -0.39 is 0 Å². The van der Waals surface area contributed by atoms with Crippen LogP contribution in [-0.2, 0) is 0 Å². The first kappa shape index (κ1) is 7.07. The highest BCUT2D eigenvalue weighted by atomic mass is 16.3. The molecule has 0 aromatic carbocycles. The predicted octanol–water partition coefficient (Wildman–Crippen LogP) is 1.80. The first-order valence-corrected chi connectivity index (χ1v) is 3.92. The van der Waals surface area contributed by atoms with Crippen LogP contribution in [0.5, 0.6) is 0 Å². The van der Waals surface area contributed by atoms with E-state index in [9.17, 15) is 5.11 Å². The van der Waals surface area contributed by atoms with Gasteiger partial charge in [0.2, 0.25) is 0 Å². The molecule has 0 spiro atoms. The average molecular weight is 128 g/mol. The molecule has 1 aliphatic rings. The van der Waals surface area contributed by atoms with E-state index in [1.807, 2.05) is 0 Å². The van der Waals surface area contributed by atoms with Gasteiger partial charge in [-0.25, -0.2) is 0 Å². The monoisotopic (exact) mass is 128 g/mol. The SMILES string of the molecule is CCC1C[C@H](O)CC1C. The zero-order valence-electron chi connectivity index (χ0n) is 6.30. The third-order valence-corrected chi connectivity index (χ3v) is 2.55. The molecule has 54 valence electrons. The van der Waals surface area contributed by atoms with E-state index in [-0.39, 0.29) is 6.10 Å². The number of aliphatic hydroxyl groups excluding tert-OH is 1. The molecule has 3 atom stereocenters. The molecule has 0 amide bonds. The molecular formula is C8H16O. The minimum absolute atomic E-state index is 0.00458. The van der Waals surface area contributed by atoms with Crippen molar-refractivity contribution in [3.05, 3.63) is 0 Å². The van der Waals surface area contributed by atoms with Crippen molar-refractivity contribution in [2.75, 3.05) is 0 Å². The van der Waals surface area contributed by atoms with E-state index in [2.05, 4.69) is 13.8 Å². The molecule has 1 rings (SSSR count). The molecule has 0 aromatic rings. The molecule has 1 heteroatoms. The summed E-state index contributed by atoms with van der Waals surface area (Å²) in [5.74, 6) is 1.55. The van der Waals surface area contributed by atoms with Crippen LogP contribution in [0, 0.1) is 11.8 Å². The Labute approximate surface area is 57.1 Å². The average Bonchev–Trinajstić information content (AvgIpc) is 2.10. The summed E-state index contributed by atoms with van der Waals surface area (Å²) in [4.78, 5) is 0. The van der Waals surface area contributed by atoms with E-state index in [1.54, 1.807) is 0 Å². The second-order valence-electron chi connectivity index (χ2n) is 3.27. The van der Waals surface area contributed by atoms with Crippen LogP contribution >= 0.6 is 0 Å². The van der Waals surface area contributed by atoms with Gasteiger partial charge in [-0.2, -0.15) is 0 Å². The van der Waals surface area contributed by atoms with Gasteiger partial charge in [-0.3, -0.25) is 0 Å². The maximum Gasteiger partial charge on any atom is 0.0545 e. The molecule has 1 saturated carbocycles. The smallest absolute Gasteiger partial charge is 0.0545 e. The Kier molecular flexibility index (Phi) is 2.12. The first-order chi connectivity index (χ1) is 4.24. The van der Waals surface area contributed by atoms with E-state index in [1.165, 1.54) is 6.42 Å². The molecule has 0 saturated heterocycles. The minimum Gasteiger partial charge on any atom is -0.393 e. The van der Waals surface area contributed by atoms with Gasteiger partial charge in [-0.15, -0.1) is 0 Å². The molecular weight excluding hydrogens is 112 g/mol. The molecule has 0 aromatic heterocycles. The van der Waals surface area contributed by atoms with Crippen LogP contribution in [0.3, 0.4) is 0 Å². The van der Waals surface area contributed by atoms with Crippen molar-refractivity contribution < 1.29 is 5.11 Å². The van der Waals surface area contributed by atoms with Gasteiger partial charge in [0.15, 0.2) is 0 Å². The predicted molar refractivity (Wildman–Crippen MR) is 38.2 cm³/mol. The highest BCUT2D eigenvalue weighted by molar-refractivity contribution is 4.79. The molecule has 1 nitrogen and oxygen atoms in total. The maximum atomic E-state index is 9.20. The fraction of sp³-hybridized carbons (Fsp3) is 1.00. The molecule has 0 radical (unpaired) electrons. The third kappa shape index (κ3) is 1.45. The third-order valence-electron chi connectivity index (χ3n) is 2.55. The van der Waals surface area contributed by atoms with Crippen LogP contribution in [0.4, 0.5) is 0 Å². The van der Waals surface area contributed by atoms with Gasteiger partial charge in [0, 0.05) is 0 Å². The minimum atomic E-state index is 0.00458. The Bertz CT molecular complexity index is 90.6. The fourth-order valence-electron chi connectivity index (χ4n) is 1.87. The maximum absolute atomic E-state index is 9.20. The molecule has 1 N–H and O–H groups in total. The van der Waals surface area contributed by atoms with Crippen LogP contribution in [0.25, 0.3) is 0 Å². The van der Waals surface area contributed by atoms with Gasteiger partial charge < -0.3 is 5.11 Å². The highest BCUT2D eigenvalue weighted by Crippen LogP contribution is 2.33. The highest BCUT2D eigenvalue weighted by Gasteiger charge is 2.27. The van der Waals surface area contributed by atoms with E-state index >= 15 is 0 Å². The van der Waals surface area contributed by atoms with E-state index in [4.69, 9.17) is 0 Å². The lowest BCUT2D eigenvalue weighted by atomic mass is 9.96. The molecule has 9 heavy (non-hydrogen) atoms. The fourth-order valence-corrected chi connectivity index (χ4v) is 1.87. The summed E-state index contributed by atoms with van der Waals surface area (Å²) < 4.78 is 0. The van der Waals surface area contributed by atoms with Gasteiger partial charge in [0.25, 0.3) is 0 Å². The van der Waals surface area contributed by atoms with Crippen molar-refractivity contribution in [3.8, 4) is 0 Å². The van der Waals surface area contributed by atoms with Crippen molar-refractivity contribution in [3.63, 3.8) is 0 Å². The van der Waals surface area contributed by atoms with Gasteiger partial charge >= 0.3 is 0 Å². The van der Waals surface area contributed by atoms with Gasteiger partial charge in [-0.1, -0.05) is 20.3 Å². The lowest BCUT2D eigenvalue weighted by Crippen LogP contribution is -2.00. The summed E-state index contributed by atoms with van der Waals surface area (Å²) >= 11 is 0. The number of hydrogen-bond acceptors (Lipinski definition) is 1. The lowest BCUT2D eigenvalue weighted by Gasteiger charge is -2.09. The number of rotatable bonds is 1. The van der Waals surface area contributed by atoms with Crippen LogP contribution in [0.1, 0.15) is 33.1 Å². The largest absolute Gasteiger partial charge is 0.393 e. The molecule has 0 heterocycles. The Hall–Kier alpha value is -0.0400. The van der Waals surface area contributed by atoms with Crippen LogP contribution in [0.15, 0.2) is 0 Å². The van der Waals surface area contributed by atoms with Crippen LogP contribution < -0.4 is 0 Å². The second kappa shape index (κ2) is 2.70. The second-order valence-corrected chi connectivity index (χ2v) is 3.27. The summed E-state index contributed by atoms with van der Waals surface area (Å²) in [7, 11) is 0. The van der Waals surface area contributed by atoms with Crippen LogP contribution in [-0.4, -0.2) is 11.2 Å². The van der Waals surface area contributed by atoms with E-state index in [0.29, 0.717) is 0 Å². The van der Waals surface area contributed by atoms with Crippen molar-refractivity contribution >= 4 is 0 Å². The molecule has 2 unspecified atom stereocenters. The number of aliphatic hydroxyl groups is 1. The zero-order chi connectivity index (χ0) is 6.85. The summed E-state index contributed by atoms with van der Waals surface area (Å²) in [5.41, 5.74) is 0. The summed E-state index contributed by atoms with van der Waals surface area (Å²) in [5, 5.41) is 9.20. The molecule has 1 aliphatic carbocycles. The van der Waals surface area contributed by atoms with Crippen molar-refractivity contribution in [1.29, 1.82) is 0 Å². The van der Waals surface area contributed by atoms with Crippen molar-refractivity contribution in [2.45, 2.75) is 39.2 Å². The van der Waals surface area contributed by atoms with Crippen molar-refractivity contribution in [1.82, 2.24) is 0 Å². The Morgan fingerprint density at radius 1 is 1.44 bits per heavy atom. The van der Waals surface area contributed by atoms with E-state index in [0.717, 1.165) is 24.7 Å². The summed E-state index contributed by atoms with van der Waals surface area (Å²) in [6, 6.07) is 0. The number of hydrogen-bond donors (Lipinski definition) is 1. The van der Waals surface area contributed by atoms with Gasteiger partial charge in [0.05, 0.1) is 6.10 Å². The van der Waals surface area contributed by atoms with Crippen LogP contribution in [0.2, 0.25) is 0 Å². The first-order valence-electron chi connectivity index (χ1n) is 3.92. The van der Waals surface area contributed by atoms with Crippen molar-refractivity contribution in [2.24, 2.45) is 11.8 Å². The Morgan fingerprint density at radius 2 is 2.11 bits per heavy atom. The Morgan fingerprint density at radius 3 is 2.33 bits per heavy atom. The topological polar surface area (TPSA) is 20.2 Å². The normalized spacial score (nSPS) is 43.7.